The molecule has 1 aromatic rings. The quantitative estimate of drug-likeness (QED) is 0.506. The Kier molecular flexibility index (Phi) is 3.38. The van der Waals surface area contributed by atoms with Gasteiger partial charge in [-0.2, -0.15) is 5.26 Å². The molecule has 0 saturated carbocycles. The summed E-state index contributed by atoms with van der Waals surface area (Å²) in [5, 5.41) is 10.6. The van der Waals surface area contributed by atoms with Gasteiger partial charge in [-0.15, -0.1) is 0 Å². The number of nitrogens with zero attached hydrogens (tertiary/aromatic N) is 3. The summed E-state index contributed by atoms with van der Waals surface area (Å²) >= 11 is 0. The number of carbonyl (C=O) groups excluding carboxylic acids is 2. The zero-order chi connectivity index (χ0) is 10.4. The fraction of sp³-hybridized carbons (Fsp3) is 0.250. The number of hydrogen-bond donors (Lipinski definition) is 1. The molecular formula is C8H8N4O2. The third kappa shape index (κ3) is 2.71. The minimum absolute atomic E-state index is 0.0198. The number of nitrogens with one attached hydrogen (secondary N) is 1. The first-order chi connectivity index (χ1) is 6.76. The van der Waals surface area contributed by atoms with Gasteiger partial charge in [0.1, 0.15) is 18.8 Å². The van der Waals surface area contributed by atoms with E-state index in [9.17, 15) is 9.59 Å². The summed E-state index contributed by atoms with van der Waals surface area (Å²) in [6.45, 7) is 0.0383. The molecule has 1 amide bonds. The van der Waals surface area contributed by atoms with Crippen LogP contribution in [-0.2, 0) is 11.3 Å². The largest absolute Gasteiger partial charge is 0.341 e. The standard InChI is InChI=1S/C8H8N4O2/c9-1-2-10-8(14)4-12-3-7(5-13)11-6-12/h3,5-6H,2,4H2,(H,10,14). The molecule has 0 unspecified atom stereocenters. The average molecular weight is 192 g/mol. The van der Waals surface area contributed by atoms with E-state index < -0.39 is 0 Å². The number of nitriles is 1. The van der Waals surface area contributed by atoms with Crippen LogP contribution in [0.4, 0.5) is 0 Å². The van der Waals surface area contributed by atoms with Crippen LogP contribution < -0.4 is 5.32 Å². The Bertz CT molecular complexity index is 377. The van der Waals surface area contributed by atoms with Crippen molar-refractivity contribution in [2.24, 2.45) is 0 Å². The first kappa shape index (κ1) is 9.92. The Balaban J connectivity index is 2.48. The monoisotopic (exact) mass is 192 g/mol. The van der Waals surface area contributed by atoms with Crippen LogP contribution in [0.3, 0.4) is 0 Å². The van der Waals surface area contributed by atoms with E-state index in [4.69, 9.17) is 5.26 Å². The zero-order valence-electron chi connectivity index (χ0n) is 7.30. The Morgan fingerprint density at radius 1 is 1.79 bits per heavy atom. The van der Waals surface area contributed by atoms with Gasteiger partial charge in [-0.25, -0.2) is 4.98 Å². The smallest absolute Gasteiger partial charge is 0.240 e. The number of carbonyl (C=O) groups is 2. The van der Waals surface area contributed by atoms with Gasteiger partial charge in [0.05, 0.1) is 12.4 Å². The summed E-state index contributed by atoms with van der Waals surface area (Å²) in [6.07, 6.45) is 3.44. The molecule has 1 heterocycles. The zero-order valence-corrected chi connectivity index (χ0v) is 7.30. The van der Waals surface area contributed by atoms with Crippen LogP contribution >= 0.6 is 0 Å². The van der Waals surface area contributed by atoms with Gasteiger partial charge in [0.25, 0.3) is 0 Å². The molecule has 0 atom stereocenters. The second kappa shape index (κ2) is 4.77. The fourth-order valence-electron chi connectivity index (χ4n) is 0.885. The highest BCUT2D eigenvalue weighted by molar-refractivity contribution is 5.76. The summed E-state index contributed by atoms with van der Waals surface area (Å²) in [5.74, 6) is -0.290. The lowest BCUT2D eigenvalue weighted by Crippen LogP contribution is -2.27. The number of aldehydes is 1. The van der Waals surface area contributed by atoms with Gasteiger partial charge >= 0.3 is 0 Å². The van der Waals surface area contributed by atoms with Crippen molar-refractivity contribution in [1.82, 2.24) is 14.9 Å². The molecule has 0 aliphatic rings. The van der Waals surface area contributed by atoms with Crippen molar-refractivity contribution in [3.63, 3.8) is 0 Å². The van der Waals surface area contributed by atoms with Crippen molar-refractivity contribution in [2.75, 3.05) is 6.54 Å². The molecule has 6 heteroatoms. The van der Waals surface area contributed by atoms with Crippen molar-refractivity contribution in [2.45, 2.75) is 6.54 Å². The van der Waals surface area contributed by atoms with E-state index in [2.05, 4.69) is 10.3 Å². The van der Waals surface area contributed by atoms with Crippen molar-refractivity contribution in [3.05, 3.63) is 18.2 Å². The van der Waals surface area contributed by atoms with Crippen molar-refractivity contribution in [1.29, 1.82) is 5.26 Å². The van der Waals surface area contributed by atoms with Crippen LogP contribution in [-0.4, -0.2) is 28.3 Å². The lowest BCUT2D eigenvalue weighted by Gasteiger charge is -2.00. The summed E-state index contributed by atoms with van der Waals surface area (Å²) in [7, 11) is 0. The molecular weight excluding hydrogens is 184 g/mol. The van der Waals surface area contributed by atoms with Gasteiger partial charge < -0.3 is 9.88 Å². The predicted molar refractivity (Wildman–Crippen MR) is 46.2 cm³/mol. The first-order valence-electron chi connectivity index (χ1n) is 3.87. The first-order valence-corrected chi connectivity index (χ1v) is 3.87. The van der Waals surface area contributed by atoms with Gasteiger partial charge in [-0.1, -0.05) is 0 Å². The molecule has 0 aromatic carbocycles. The second-order valence-electron chi connectivity index (χ2n) is 2.52. The maximum absolute atomic E-state index is 11.1. The van der Waals surface area contributed by atoms with E-state index in [-0.39, 0.29) is 24.7 Å². The number of hydrogen-bond acceptors (Lipinski definition) is 4. The van der Waals surface area contributed by atoms with Gasteiger partial charge in [0, 0.05) is 6.20 Å². The maximum atomic E-state index is 11.1. The van der Waals surface area contributed by atoms with E-state index in [1.807, 2.05) is 0 Å². The molecule has 1 aromatic heterocycles. The van der Waals surface area contributed by atoms with Crippen LogP contribution in [0.1, 0.15) is 10.5 Å². The lowest BCUT2D eigenvalue weighted by molar-refractivity contribution is -0.121. The van der Waals surface area contributed by atoms with Crippen LogP contribution in [0.25, 0.3) is 0 Å². The summed E-state index contributed by atoms with van der Waals surface area (Å²) in [5.41, 5.74) is 0.276. The maximum Gasteiger partial charge on any atom is 0.240 e. The fourth-order valence-corrected chi connectivity index (χ4v) is 0.885. The number of amides is 1. The number of imidazole rings is 1. The average Bonchev–Trinajstić information content (AvgIpc) is 2.62. The molecule has 1 N–H and O–H groups in total. The SMILES string of the molecule is N#CCNC(=O)Cn1cnc(C=O)c1. The van der Waals surface area contributed by atoms with Crippen LogP contribution in [0.15, 0.2) is 12.5 Å². The van der Waals surface area contributed by atoms with Gasteiger partial charge in [0.15, 0.2) is 6.29 Å². The van der Waals surface area contributed by atoms with Crippen molar-refractivity contribution < 1.29 is 9.59 Å². The molecule has 0 aliphatic carbocycles. The van der Waals surface area contributed by atoms with E-state index in [1.165, 1.54) is 17.1 Å². The highest BCUT2D eigenvalue weighted by Crippen LogP contribution is 1.91. The van der Waals surface area contributed by atoms with E-state index in [1.54, 1.807) is 6.07 Å². The molecule has 6 nitrogen and oxygen atoms in total. The Labute approximate surface area is 80.2 Å². The Morgan fingerprint density at radius 2 is 2.57 bits per heavy atom. The number of rotatable bonds is 4. The topological polar surface area (TPSA) is 87.8 Å². The van der Waals surface area contributed by atoms with Crippen molar-refractivity contribution in [3.8, 4) is 6.07 Å². The Hall–Kier alpha value is -2.16. The van der Waals surface area contributed by atoms with Crippen molar-refractivity contribution >= 4 is 12.2 Å². The predicted octanol–water partition coefficient (Wildman–Crippen LogP) is -0.665. The van der Waals surface area contributed by atoms with Crippen LogP contribution in [0.2, 0.25) is 0 Å². The molecule has 0 bridgehead atoms. The summed E-state index contributed by atoms with van der Waals surface area (Å²) in [6, 6.07) is 1.79. The summed E-state index contributed by atoms with van der Waals surface area (Å²) < 4.78 is 1.47. The van der Waals surface area contributed by atoms with E-state index >= 15 is 0 Å². The Morgan fingerprint density at radius 3 is 3.14 bits per heavy atom. The lowest BCUT2D eigenvalue weighted by atomic mass is 10.5. The van der Waals surface area contributed by atoms with Crippen LogP contribution in [0.5, 0.6) is 0 Å². The second-order valence-corrected chi connectivity index (χ2v) is 2.52. The van der Waals surface area contributed by atoms with Crippen LogP contribution in [0, 0.1) is 11.3 Å². The minimum atomic E-state index is -0.290. The minimum Gasteiger partial charge on any atom is -0.341 e. The molecule has 1 rings (SSSR count). The van der Waals surface area contributed by atoms with Gasteiger partial charge in [-0.05, 0) is 0 Å². The number of aromatic nitrogens is 2. The van der Waals surface area contributed by atoms with Gasteiger partial charge in [0.2, 0.25) is 5.91 Å². The molecule has 0 saturated heterocycles. The molecule has 14 heavy (non-hydrogen) atoms. The third-order valence-electron chi connectivity index (χ3n) is 1.46. The highest BCUT2D eigenvalue weighted by Gasteiger charge is 2.02. The van der Waals surface area contributed by atoms with E-state index in [0.29, 0.717) is 6.29 Å². The molecule has 0 radical (unpaired) electrons. The summed E-state index contributed by atoms with van der Waals surface area (Å²) in [4.78, 5) is 25.0. The van der Waals surface area contributed by atoms with Gasteiger partial charge in [-0.3, -0.25) is 9.59 Å². The van der Waals surface area contributed by atoms with E-state index in [0.717, 1.165) is 0 Å². The highest BCUT2D eigenvalue weighted by atomic mass is 16.2. The molecule has 0 fully saturated rings. The third-order valence-corrected chi connectivity index (χ3v) is 1.46. The normalized spacial score (nSPS) is 9.07. The molecule has 0 aliphatic heterocycles. The molecule has 0 spiro atoms. The molecule has 72 valence electrons.